The van der Waals surface area contributed by atoms with Crippen molar-refractivity contribution in [2.24, 2.45) is 0 Å². The SMILES string of the molecule is C[C@H](O[Si](C)(C)C(C)(C)C)c1ccc(Br)cc1Cl. The molecular weight excluding hydrogens is 328 g/mol. The maximum absolute atomic E-state index is 6.35. The Morgan fingerprint density at radius 1 is 1.28 bits per heavy atom. The zero-order chi connectivity index (χ0) is 14.1. The lowest BCUT2D eigenvalue weighted by Crippen LogP contribution is -2.41. The summed E-state index contributed by atoms with van der Waals surface area (Å²) in [5, 5.41) is 0.971. The normalized spacial score (nSPS) is 14.7. The summed E-state index contributed by atoms with van der Waals surface area (Å²) in [6.07, 6.45) is 0.0338. The lowest BCUT2D eigenvalue weighted by Gasteiger charge is -2.38. The molecule has 0 aliphatic heterocycles. The first-order chi connectivity index (χ1) is 8.04. The molecule has 4 heteroatoms. The standard InChI is InChI=1S/C14H22BrClOSi/c1-10(17-18(5,6)14(2,3)4)12-8-7-11(15)9-13(12)16/h7-10H,1-6H3/t10-/m0/s1. The second-order valence-electron chi connectivity index (χ2n) is 6.19. The van der Waals surface area contributed by atoms with E-state index in [1.54, 1.807) is 0 Å². The van der Waals surface area contributed by atoms with Crippen LogP contribution in [0.15, 0.2) is 22.7 Å². The molecule has 0 heterocycles. The van der Waals surface area contributed by atoms with Crippen LogP contribution in [0.4, 0.5) is 0 Å². The molecule has 102 valence electrons. The monoisotopic (exact) mass is 348 g/mol. The van der Waals surface area contributed by atoms with E-state index in [0.717, 1.165) is 15.1 Å². The van der Waals surface area contributed by atoms with Gasteiger partial charge in [-0.25, -0.2) is 0 Å². The average Bonchev–Trinajstić information content (AvgIpc) is 2.14. The molecule has 0 aliphatic rings. The topological polar surface area (TPSA) is 9.23 Å². The molecular formula is C14H22BrClOSi. The lowest BCUT2D eigenvalue weighted by molar-refractivity contribution is 0.203. The molecule has 0 saturated heterocycles. The number of hydrogen-bond acceptors (Lipinski definition) is 1. The molecule has 1 rings (SSSR count). The Balaban J connectivity index is 2.92. The highest BCUT2D eigenvalue weighted by molar-refractivity contribution is 9.10. The molecule has 1 aromatic rings. The van der Waals surface area contributed by atoms with E-state index in [-0.39, 0.29) is 11.1 Å². The Kier molecular flexibility index (Phi) is 5.10. The van der Waals surface area contributed by atoms with Crippen molar-refractivity contribution in [2.45, 2.75) is 51.9 Å². The van der Waals surface area contributed by atoms with Gasteiger partial charge in [0.25, 0.3) is 0 Å². The number of rotatable bonds is 3. The summed E-state index contributed by atoms with van der Waals surface area (Å²) in [4.78, 5) is 0. The molecule has 0 radical (unpaired) electrons. The first-order valence-corrected chi connectivity index (χ1v) is 10.3. The third-order valence-corrected chi connectivity index (χ3v) is 9.05. The molecule has 0 aliphatic carbocycles. The Hall–Kier alpha value is 0.167. The predicted octanol–water partition coefficient (Wildman–Crippen LogP) is 6.19. The summed E-state index contributed by atoms with van der Waals surface area (Å²) < 4.78 is 7.34. The molecule has 0 spiro atoms. The van der Waals surface area contributed by atoms with Crippen LogP contribution in [0.1, 0.15) is 39.4 Å². The Bertz CT molecular complexity index is 426. The van der Waals surface area contributed by atoms with Gasteiger partial charge >= 0.3 is 0 Å². The van der Waals surface area contributed by atoms with E-state index in [2.05, 4.69) is 56.7 Å². The fourth-order valence-electron chi connectivity index (χ4n) is 1.51. The van der Waals surface area contributed by atoms with Gasteiger partial charge in [0.1, 0.15) is 0 Å². The van der Waals surface area contributed by atoms with Crippen LogP contribution in [-0.2, 0) is 4.43 Å². The van der Waals surface area contributed by atoms with Crippen LogP contribution in [0.3, 0.4) is 0 Å². The van der Waals surface area contributed by atoms with E-state index in [1.165, 1.54) is 0 Å². The fourth-order valence-corrected chi connectivity index (χ4v) is 3.70. The fraction of sp³-hybridized carbons (Fsp3) is 0.571. The van der Waals surface area contributed by atoms with Crippen LogP contribution >= 0.6 is 27.5 Å². The van der Waals surface area contributed by atoms with Crippen molar-refractivity contribution in [1.29, 1.82) is 0 Å². The van der Waals surface area contributed by atoms with Crippen molar-refractivity contribution in [3.8, 4) is 0 Å². The van der Waals surface area contributed by atoms with Crippen molar-refractivity contribution in [3.63, 3.8) is 0 Å². The van der Waals surface area contributed by atoms with Crippen LogP contribution in [-0.4, -0.2) is 8.32 Å². The highest BCUT2D eigenvalue weighted by atomic mass is 79.9. The van der Waals surface area contributed by atoms with Gasteiger partial charge in [-0.05, 0) is 42.8 Å². The predicted molar refractivity (Wildman–Crippen MR) is 85.8 cm³/mol. The van der Waals surface area contributed by atoms with Gasteiger partial charge in [0.2, 0.25) is 0 Å². The lowest BCUT2D eigenvalue weighted by atomic mass is 10.1. The maximum atomic E-state index is 6.35. The first kappa shape index (κ1) is 16.2. The quantitative estimate of drug-likeness (QED) is 0.591. The third kappa shape index (κ3) is 3.83. The molecule has 0 amide bonds. The van der Waals surface area contributed by atoms with E-state index < -0.39 is 8.32 Å². The van der Waals surface area contributed by atoms with E-state index in [1.807, 2.05) is 18.2 Å². The molecule has 0 bridgehead atoms. The van der Waals surface area contributed by atoms with Gasteiger partial charge in [0, 0.05) is 9.50 Å². The minimum atomic E-state index is -1.76. The van der Waals surface area contributed by atoms with Crippen LogP contribution in [0.2, 0.25) is 23.2 Å². The molecule has 18 heavy (non-hydrogen) atoms. The minimum absolute atomic E-state index is 0.0338. The van der Waals surface area contributed by atoms with Gasteiger partial charge in [-0.3, -0.25) is 0 Å². The van der Waals surface area contributed by atoms with Crippen LogP contribution in [0, 0.1) is 0 Å². The highest BCUT2D eigenvalue weighted by Gasteiger charge is 2.38. The van der Waals surface area contributed by atoms with Crippen LogP contribution < -0.4 is 0 Å². The van der Waals surface area contributed by atoms with E-state index >= 15 is 0 Å². The highest BCUT2D eigenvalue weighted by Crippen LogP contribution is 2.40. The van der Waals surface area contributed by atoms with Gasteiger partial charge < -0.3 is 4.43 Å². The van der Waals surface area contributed by atoms with Gasteiger partial charge in [0.15, 0.2) is 8.32 Å². The van der Waals surface area contributed by atoms with E-state index in [9.17, 15) is 0 Å². The van der Waals surface area contributed by atoms with Gasteiger partial charge in [-0.1, -0.05) is 54.4 Å². The van der Waals surface area contributed by atoms with Crippen LogP contribution in [0.5, 0.6) is 0 Å². The molecule has 1 atom stereocenters. The van der Waals surface area contributed by atoms with Crippen LogP contribution in [0.25, 0.3) is 0 Å². The number of halogens is 2. The average molecular weight is 350 g/mol. The largest absolute Gasteiger partial charge is 0.410 e. The number of benzene rings is 1. The van der Waals surface area contributed by atoms with E-state index in [0.29, 0.717) is 0 Å². The summed E-state index contributed by atoms with van der Waals surface area (Å²) in [6, 6.07) is 5.96. The van der Waals surface area contributed by atoms with Crippen molar-refractivity contribution >= 4 is 35.8 Å². The molecule has 0 unspecified atom stereocenters. The van der Waals surface area contributed by atoms with Crippen molar-refractivity contribution < 1.29 is 4.43 Å². The minimum Gasteiger partial charge on any atom is -0.410 e. The molecule has 1 aromatic carbocycles. The second kappa shape index (κ2) is 5.66. The first-order valence-electron chi connectivity index (χ1n) is 6.17. The summed E-state index contributed by atoms with van der Waals surface area (Å²) in [6.45, 7) is 13.3. The molecule has 0 aromatic heterocycles. The second-order valence-corrected chi connectivity index (χ2v) is 12.3. The van der Waals surface area contributed by atoms with Gasteiger partial charge in [0.05, 0.1) is 6.10 Å². The molecule has 0 fully saturated rings. The maximum Gasteiger partial charge on any atom is 0.192 e. The zero-order valence-electron chi connectivity index (χ0n) is 12.0. The summed E-state index contributed by atoms with van der Waals surface area (Å²) in [7, 11) is -1.76. The van der Waals surface area contributed by atoms with Gasteiger partial charge in [-0.15, -0.1) is 0 Å². The summed E-state index contributed by atoms with van der Waals surface area (Å²) in [5.74, 6) is 0. The third-order valence-electron chi connectivity index (χ3n) is 3.68. The molecule has 0 N–H and O–H groups in total. The van der Waals surface area contributed by atoms with Crippen molar-refractivity contribution in [2.75, 3.05) is 0 Å². The van der Waals surface area contributed by atoms with Crippen molar-refractivity contribution in [1.82, 2.24) is 0 Å². The Morgan fingerprint density at radius 3 is 2.28 bits per heavy atom. The van der Waals surface area contributed by atoms with Gasteiger partial charge in [-0.2, -0.15) is 0 Å². The van der Waals surface area contributed by atoms with Crippen molar-refractivity contribution in [3.05, 3.63) is 33.3 Å². The zero-order valence-corrected chi connectivity index (χ0v) is 15.3. The number of hydrogen-bond donors (Lipinski definition) is 0. The smallest absolute Gasteiger partial charge is 0.192 e. The Morgan fingerprint density at radius 2 is 1.83 bits per heavy atom. The Labute approximate surface area is 125 Å². The summed E-state index contributed by atoms with van der Waals surface area (Å²) in [5.41, 5.74) is 1.06. The molecule has 1 nitrogen and oxygen atoms in total. The van der Waals surface area contributed by atoms with E-state index in [4.69, 9.17) is 16.0 Å². The summed E-state index contributed by atoms with van der Waals surface area (Å²) >= 11 is 9.69. The molecule has 0 saturated carbocycles.